The van der Waals surface area contributed by atoms with Gasteiger partial charge in [-0.25, -0.2) is 4.98 Å². The molecule has 2 fully saturated rings. The van der Waals surface area contributed by atoms with Gasteiger partial charge in [0.2, 0.25) is 11.8 Å². The Morgan fingerprint density at radius 2 is 2.00 bits per heavy atom. The molecule has 0 radical (unpaired) electrons. The van der Waals surface area contributed by atoms with Crippen LogP contribution >= 0.6 is 0 Å². The van der Waals surface area contributed by atoms with Crippen molar-refractivity contribution in [3.63, 3.8) is 0 Å². The van der Waals surface area contributed by atoms with Gasteiger partial charge >= 0.3 is 0 Å². The van der Waals surface area contributed by atoms with Crippen molar-refractivity contribution in [2.75, 3.05) is 32.2 Å². The van der Waals surface area contributed by atoms with Gasteiger partial charge in [-0.05, 0) is 37.1 Å². The lowest BCUT2D eigenvalue weighted by molar-refractivity contribution is -0.136. The monoisotopic (exact) mass is 434 g/mol. The van der Waals surface area contributed by atoms with E-state index in [9.17, 15) is 9.59 Å². The molecule has 2 saturated heterocycles. The molecule has 2 atom stereocenters. The Morgan fingerprint density at radius 3 is 2.78 bits per heavy atom. The number of methoxy groups -OCH3 is 2. The zero-order valence-electron chi connectivity index (χ0n) is 18.2. The topological polar surface area (TPSA) is 87.8 Å². The second kappa shape index (κ2) is 8.18. The number of likely N-dealkylation sites (tertiary alicyclic amines) is 1. The molecule has 2 aromatic carbocycles. The smallest absolute Gasteiger partial charge is 0.228 e. The molecule has 0 spiro atoms. The number of imidazole rings is 1. The molecule has 0 aliphatic carbocycles. The number of fused-ring (bicyclic) bond motifs is 1. The van der Waals surface area contributed by atoms with E-state index in [-0.39, 0.29) is 24.3 Å². The molecule has 3 heterocycles. The number of H-pyrrole nitrogens is 1. The number of carbonyl (C=O) groups is 2. The summed E-state index contributed by atoms with van der Waals surface area (Å²) in [4.78, 5) is 38.0. The number of aromatic nitrogens is 2. The largest absolute Gasteiger partial charge is 0.497 e. The maximum atomic E-state index is 13.5. The van der Waals surface area contributed by atoms with Crippen LogP contribution < -0.4 is 14.4 Å². The molecule has 8 heteroatoms. The van der Waals surface area contributed by atoms with Gasteiger partial charge in [0.1, 0.15) is 17.3 Å². The minimum atomic E-state index is -0.400. The zero-order valence-corrected chi connectivity index (χ0v) is 18.2. The summed E-state index contributed by atoms with van der Waals surface area (Å²) in [5.74, 6) is 1.54. The van der Waals surface area contributed by atoms with E-state index in [0.29, 0.717) is 30.3 Å². The molecular formula is C24H26N4O4. The summed E-state index contributed by atoms with van der Waals surface area (Å²) in [6.45, 7) is 0.998. The molecular weight excluding hydrogens is 408 g/mol. The highest BCUT2D eigenvalue weighted by Gasteiger charge is 2.42. The van der Waals surface area contributed by atoms with Gasteiger partial charge in [0.15, 0.2) is 0 Å². The number of ether oxygens (including phenoxy) is 2. The summed E-state index contributed by atoms with van der Waals surface area (Å²) < 4.78 is 10.8. The van der Waals surface area contributed by atoms with Gasteiger partial charge in [-0.2, -0.15) is 0 Å². The number of rotatable bonds is 5. The Balaban J connectivity index is 1.37. The molecule has 2 aliphatic rings. The third-order valence-electron chi connectivity index (χ3n) is 6.41. The lowest BCUT2D eigenvalue weighted by atomic mass is 10.1. The van der Waals surface area contributed by atoms with Crippen molar-refractivity contribution >= 4 is 28.5 Å². The van der Waals surface area contributed by atoms with Crippen molar-refractivity contribution in [3.05, 3.63) is 48.3 Å². The lowest BCUT2D eigenvalue weighted by Crippen LogP contribution is -2.37. The molecule has 2 unspecified atom stereocenters. The Bertz CT molecular complexity index is 1140. The average molecular weight is 434 g/mol. The number of benzene rings is 2. The highest BCUT2D eigenvalue weighted by molar-refractivity contribution is 6.01. The summed E-state index contributed by atoms with van der Waals surface area (Å²) in [6.07, 6.45) is 1.96. The van der Waals surface area contributed by atoms with Crippen LogP contribution in [0.25, 0.3) is 11.0 Å². The summed E-state index contributed by atoms with van der Waals surface area (Å²) in [5, 5.41) is 0. The molecule has 2 aliphatic heterocycles. The number of carbonyl (C=O) groups excluding carboxylic acids is 2. The highest BCUT2D eigenvalue weighted by Crippen LogP contribution is 2.38. The van der Waals surface area contributed by atoms with Crippen LogP contribution in [0.2, 0.25) is 0 Å². The van der Waals surface area contributed by atoms with Gasteiger partial charge in [-0.3, -0.25) is 9.59 Å². The number of nitrogens with zero attached hydrogens (tertiary/aromatic N) is 3. The third kappa shape index (κ3) is 3.45. The summed E-state index contributed by atoms with van der Waals surface area (Å²) in [7, 11) is 3.14. The molecule has 5 rings (SSSR count). The Labute approximate surface area is 186 Å². The maximum Gasteiger partial charge on any atom is 0.228 e. The van der Waals surface area contributed by atoms with Gasteiger partial charge in [0.25, 0.3) is 0 Å². The fourth-order valence-electron chi connectivity index (χ4n) is 4.79. The summed E-state index contributed by atoms with van der Waals surface area (Å²) in [5.41, 5.74) is 2.49. The first-order valence-corrected chi connectivity index (χ1v) is 10.9. The minimum absolute atomic E-state index is 0.00525. The number of anilines is 1. The Morgan fingerprint density at radius 1 is 1.16 bits per heavy atom. The van der Waals surface area contributed by atoms with E-state index in [1.165, 1.54) is 0 Å². The molecule has 0 bridgehead atoms. The van der Waals surface area contributed by atoms with Gasteiger partial charge in [-0.1, -0.05) is 12.1 Å². The number of para-hydroxylation sites is 2. The standard InChI is InChI=1S/C24H26N4O4/c1-31-16-9-10-21(32-2)20(13-16)28-14-15(12-22(28)29)24(30)27-11-5-8-19(27)23-25-17-6-3-4-7-18(17)26-23/h3-4,6-7,9-10,13,15,19H,5,8,11-12,14H2,1-2H3,(H,25,26). The van der Waals surface area contributed by atoms with Crippen LogP contribution in [0.4, 0.5) is 5.69 Å². The SMILES string of the molecule is COc1ccc(OC)c(N2CC(C(=O)N3CCCC3c3nc4ccccc4[nH]3)CC2=O)c1. The van der Waals surface area contributed by atoms with E-state index < -0.39 is 5.92 Å². The van der Waals surface area contributed by atoms with E-state index in [1.54, 1.807) is 37.3 Å². The van der Waals surface area contributed by atoms with E-state index in [2.05, 4.69) is 4.98 Å². The summed E-state index contributed by atoms with van der Waals surface area (Å²) in [6, 6.07) is 13.1. The van der Waals surface area contributed by atoms with Crippen molar-refractivity contribution in [2.24, 2.45) is 5.92 Å². The van der Waals surface area contributed by atoms with Gasteiger partial charge in [0.05, 0.1) is 42.9 Å². The molecule has 32 heavy (non-hydrogen) atoms. The number of amides is 2. The number of hydrogen-bond acceptors (Lipinski definition) is 5. The Hall–Kier alpha value is -3.55. The molecule has 8 nitrogen and oxygen atoms in total. The van der Waals surface area contributed by atoms with E-state index in [4.69, 9.17) is 14.5 Å². The van der Waals surface area contributed by atoms with Crippen molar-refractivity contribution in [1.82, 2.24) is 14.9 Å². The molecule has 166 valence electrons. The highest BCUT2D eigenvalue weighted by atomic mass is 16.5. The molecule has 2 amide bonds. The van der Waals surface area contributed by atoms with Crippen LogP contribution in [0.15, 0.2) is 42.5 Å². The summed E-state index contributed by atoms with van der Waals surface area (Å²) >= 11 is 0. The molecule has 3 aromatic rings. The first kappa shape index (κ1) is 20.4. The van der Waals surface area contributed by atoms with Crippen LogP contribution in [-0.4, -0.2) is 54.0 Å². The molecule has 0 saturated carbocycles. The number of nitrogens with one attached hydrogen (secondary N) is 1. The van der Waals surface area contributed by atoms with Crippen molar-refractivity contribution in [2.45, 2.75) is 25.3 Å². The average Bonchev–Trinajstić information content (AvgIpc) is 3.55. The second-order valence-corrected chi connectivity index (χ2v) is 8.27. The van der Waals surface area contributed by atoms with Crippen LogP contribution in [0, 0.1) is 5.92 Å². The van der Waals surface area contributed by atoms with Crippen molar-refractivity contribution < 1.29 is 19.1 Å². The number of hydrogen-bond donors (Lipinski definition) is 1. The van der Waals surface area contributed by atoms with E-state index in [0.717, 1.165) is 29.7 Å². The normalized spacial score (nSPS) is 20.9. The maximum absolute atomic E-state index is 13.5. The van der Waals surface area contributed by atoms with Gasteiger partial charge in [0, 0.05) is 25.6 Å². The van der Waals surface area contributed by atoms with E-state index in [1.807, 2.05) is 29.2 Å². The predicted octanol–water partition coefficient (Wildman–Crippen LogP) is 3.30. The van der Waals surface area contributed by atoms with Crippen LogP contribution in [0.3, 0.4) is 0 Å². The molecule has 1 aromatic heterocycles. The van der Waals surface area contributed by atoms with Crippen LogP contribution in [-0.2, 0) is 9.59 Å². The zero-order chi connectivity index (χ0) is 22.2. The molecule has 1 N–H and O–H groups in total. The lowest BCUT2D eigenvalue weighted by Gasteiger charge is -2.26. The first-order valence-electron chi connectivity index (χ1n) is 10.9. The Kier molecular flexibility index (Phi) is 5.20. The van der Waals surface area contributed by atoms with E-state index >= 15 is 0 Å². The minimum Gasteiger partial charge on any atom is -0.497 e. The van der Waals surface area contributed by atoms with Crippen LogP contribution in [0.5, 0.6) is 11.5 Å². The second-order valence-electron chi connectivity index (χ2n) is 8.27. The fourth-order valence-corrected chi connectivity index (χ4v) is 4.79. The first-order chi connectivity index (χ1) is 15.6. The van der Waals surface area contributed by atoms with Crippen LogP contribution in [0.1, 0.15) is 31.1 Å². The van der Waals surface area contributed by atoms with Crippen molar-refractivity contribution in [3.8, 4) is 11.5 Å². The van der Waals surface area contributed by atoms with Gasteiger partial charge in [-0.15, -0.1) is 0 Å². The third-order valence-corrected chi connectivity index (χ3v) is 6.41. The van der Waals surface area contributed by atoms with Crippen molar-refractivity contribution in [1.29, 1.82) is 0 Å². The number of aromatic amines is 1. The van der Waals surface area contributed by atoms with Gasteiger partial charge < -0.3 is 24.3 Å². The predicted molar refractivity (Wildman–Crippen MR) is 120 cm³/mol. The quantitative estimate of drug-likeness (QED) is 0.666. The fraction of sp³-hybridized carbons (Fsp3) is 0.375.